The van der Waals surface area contributed by atoms with Gasteiger partial charge in [0.25, 0.3) is 0 Å². The van der Waals surface area contributed by atoms with Crippen LogP contribution in [0.3, 0.4) is 0 Å². The van der Waals surface area contributed by atoms with E-state index in [2.05, 4.69) is 20.2 Å². The van der Waals surface area contributed by atoms with Crippen molar-refractivity contribution in [3.05, 3.63) is 29.3 Å². The zero-order chi connectivity index (χ0) is 16.2. The van der Waals surface area contributed by atoms with Crippen LogP contribution in [0.5, 0.6) is 0 Å². The maximum absolute atomic E-state index is 11.4. The molecule has 2 rings (SSSR count). The Kier molecular flexibility index (Phi) is 5.54. The Morgan fingerprint density at radius 3 is 2.82 bits per heavy atom. The number of hydrogen-bond donors (Lipinski definition) is 1. The fourth-order valence-electron chi connectivity index (χ4n) is 1.83. The summed E-state index contributed by atoms with van der Waals surface area (Å²) in [4.78, 5) is 0. The lowest BCUT2D eigenvalue weighted by atomic mass is 10.1. The summed E-state index contributed by atoms with van der Waals surface area (Å²) in [6.07, 6.45) is 0. The van der Waals surface area contributed by atoms with Crippen LogP contribution in [0.1, 0.15) is 18.1 Å². The van der Waals surface area contributed by atoms with Gasteiger partial charge in [-0.1, -0.05) is 23.9 Å². The predicted molar refractivity (Wildman–Crippen MR) is 86.8 cm³/mol. The Hall–Kier alpha value is -1.45. The van der Waals surface area contributed by atoms with Crippen molar-refractivity contribution >= 4 is 21.8 Å². The number of sulfonamides is 1. The molecule has 0 fully saturated rings. The minimum Gasteiger partial charge on any atom is -0.214 e. The molecule has 0 aliphatic heterocycles. The Balaban J connectivity index is 2.06. The van der Waals surface area contributed by atoms with E-state index >= 15 is 0 Å². The molecule has 1 aromatic heterocycles. The summed E-state index contributed by atoms with van der Waals surface area (Å²) in [5, 5.41) is 12.4. The van der Waals surface area contributed by atoms with Gasteiger partial charge in [-0.25, -0.2) is 13.1 Å². The van der Waals surface area contributed by atoms with E-state index in [0.29, 0.717) is 17.5 Å². The van der Waals surface area contributed by atoms with Crippen LogP contribution in [0.25, 0.3) is 5.69 Å². The highest BCUT2D eigenvalue weighted by Gasteiger charge is 2.12. The quantitative estimate of drug-likeness (QED) is 0.603. The summed E-state index contributed by atoms with van der Waals surface area (Å²) in [5.41, 5.74) is 3.21. The second kappa shape index (κ2) is 7.21. The van der Waals surface area contributed by atoms with Gasteiger partial charge in [0.2, 0.25) is 15.2 Å². The standard InChI is InChI=1S/C13H19N5O2S2/c1-4-22(19,20)14-8-9-21-13-15-16-17-18(13)12-7-5-6-10(2)11(12)3/h5-7,14H,4,8-9H2,1-3H3. The molecule has 0 aliphatic rings. The summed E-state index contributed by atoms with van der Waals surface area (Å²) < 4.78 is 26.9. The monoisotopic (exact) mass is 341 g/mol. The highest BCUT2D eigenvalue weighted by molar-refractivity contribution is 7.99. The predicted octanol–water partition coefficient (Wildman–Crippen LogP) is 1.31. The largest absolute Gasteiger partial charge is 0.214 e. The number of aryl methyl sites for hydroxylation is 1. The number of thioether (sulfide) groups is 1. The van der Waals surface area contributed by atoms with Crippen molar-refractivity contribution in [2.75, 3.05) is 18.1 Å². The third-order valence-electron chi connectivity index (χ3n) is 3.28. The Morgan fingerprint density at radius 1 is 1.32 bits per heavy atom. The van der Waals surface area contributed by atoms with E-state index in [1.54, 1.807) is 11.6 Å². The van der Waals surface area contributed by atoms with Gasteiger partial charge in [-0.15, -0.1) is 5.10 Å². The van der Waals surface area contributed by atoms with E-state index in [1.807, 2.05) is 32.0 Å². The molecule has 0 unspecified atom stereocenters. The van der Waals surface area contributed by atoms with Gasteiger partial charge in [0.05, 0.1) is 11.4 Å². The normalized spacial score (nSPS) is 11.8. The molecule has 1 heterocycles. The minimum atomic E-state index is -3.16. The molecule has 0 saturated heterocycles. The van der Waals surface area contributed by atoms with Crippen LogP contribution in [0.15, 0.2) is 23.4 Å². The van der Waals surface area contributed by atoms with E-state index in [4.69, 9.17) is 0 Å². The number of rotatable bonds is 7. The molecule has 0 bridgehead atoms. The number of nitrogens with one attached hydrogen (secondary N) is 1. The Bertz CT molecular complexity index is 743. The molecule has 7 nitrogen and oxygen atoms in total. The maximum atomic E-state index is 11.4. The van der Waals surface area contributed by atoms with Crippen molar-refractivity contribution in [2.24, 2.45) is 0 Å². The molecule has 120 valence electrons. The molecule has 0 saturated carbocycles. The number of aromatic nitrogens is 4. The summed E-state index contributed by atoms with van der Waals surface area (Å²) in [6, 6.07) is 5.96. The average Bonchev–Trinajstić information content (AvgIpc) is 2.95. The first-order valence-electron chi connectivity index (χ1n) is 6.89. The van der Waals surface area contributed by atoms with E-state index in [0.717, 1.165) is 11.3 Å². The molecular weight excluding hydrogens is 322 g/mol. The van der Waals surface area contributed by atoms with Crippen LogP contribution >= 0.6 is 11.8 Å². The van der Waals surface area contributed by atoms with Gasteiger partial charge in [-0.2, -0.15) is 4.68 Å². The van der Waals surface area contributed by atoms with Gasteiger partial charge in [0.15, 0.2) is 0 Å². The Labute approximate surface area is 134 Å². The average molecular weight is 341 g/mol. The van der Waals surface area contributed by atoms with Crippen molar-refractivity contribution in [1.82, 2.24) is 24.9 Å². The van der Waals surface area contributed by atoms with E-state index < -0.39 is 10.0 Å². The fraction of sp³-hybridized carbons (Fsp3) is 0.462. The van der Waals surface area contributed by atoms with Crippen molar-refractivity contribution in [3.8, 4) is 5.69 Å². The molecule has 0 amide bonds. The topological polar surface area (TPSA) is 89.8 Å². The number of tetrazole rings is 1. The highest BCUT2D eigenvalue weighted by Crippen LogP contribution is 2.21. The highest BCUT2D eigenvalue weighted by atomic mass is 32.2. The van der Waals surface area contributed by atoms with Gasteiger partial charge in [0, 0.05) is 12.3 Å². The van der Waals surface area contributed by atoms with E-state index in [9.17, 15) is 8.42 Å². The van der Waals surface area contributed by atoms with E-state index in [1.165, 1.54) is 17.3 Å². The third kappa shape index (κ3) is 4.05. The molecule has 22 heavy (non-hydrogen) atoms. The molecule has 2 aromatic rings. The molecule has 9 heteroatoms. The molecule has 0 aliphatic carbocycles. The molecule has 0 atom stereocenters. The minimum absolute atomic E-state index is 0.0812. The van der Waals surface area contributed by atoms with Gasteiger partial charge in [-0.05, 0) is 48.4 Å². The van der Waals surface area contributed by atoms with Gasteiger partial charge >= 0.3 is 0 Å². The van der Waals surface area contributed by atoms with Crippen LogP contribution in [0.4, 0.5) is 0 Å². The summed E-state index contributed by atoms with van der Waals surface area (Å²) in [5.74, 6) is 0.641. The van der Waals surface area contributed by atoms with Gasteiger partial charge in [-0.3, -0.25) is 0 Å². The first-order chi connectivity index (χ1) is 10.4. The van der Waals surface area contributed by atoms with E-state index in [-0.39, 0.29) is 5.75 Å². The van der Waals surface area contributed by atoms with Crippen LogP contribution in [0.2, 0.25) is 0 Å². The van der Waals surface area contributed by atoms with Crippen molar-refractivity contribution < 1.29 is 8.42 Å². The van der Waals surface area contributed by atoms with Crippen LogP contribution in [0, 0.1) is 13.8 Å². The third-order valence-corrected chi connectivity index (χ3v) is 5.61. The van der Waals surface area contributed by atoms with Crippen molar-refractivity contribution in [3.63, 3.8) is 0 Å². The lowest BCUT2D eigenvalue weighted by Gasteiger charge is -2.09. The molecule has 1 aromatic carbocycles. The number of benzene rings is 1. The molecular formula is C13H19N5O2S2. The first-order valence-corrected chi connectivity index (χ1v) is 9.53. The zero-order valence-corrected chi connectivity index (χ0v) is 14.4. The second-order valence-corrected chi connectivity index (χ2v) is 7.90. The Morgan fingerprint density at radius 2 is 2.09 bits per heavy atom. The van der Waals surface area contributed by atoms with Crippen LogP contribution in [-0.4, -0.2) is 46.7 Å². The lowest BCUT2D eigenvalue weighted by Crippen LogP contribution is -2.27. The fourth-order valence-corrected chi connectivity index (χ4v) is 3.31. The smallest absolute Gasteiger partial charge is 0.214 e. The first kappa shape index (κ1) is 16.9. The molecule has 0 spiro atoms. The lowest BCUT2D eigenvalue weighted by molar-refractivity contribution is 0.585. The van der Waals surface area contributed by atoms with Gasteiger partial charge in [0.1, 0.15) is 0 Å². The van der Waals surface area contributed by atoms with Crippen LogP contribution in [-0.2, 0) is 10.0 Å². The van der Waals surface area contributed by atoms with Gasteiger partial charge < -0.3 is 0 Å². The number of nitrogens with zero attached hydrogens (tertiary/aromatic N) is 4. The van der Waals surface area contributed by atoms with Crippen molar-refractivity contribution in [2.45, 2.75) is 25.9 Å². The molecule has 0 radical (unpaired) electrons. The summed E-state index contributed by atoms with van der Waals surface area (Å²) in [6.45, 7) is 6.02. The zero-order valence-electron chi connectivity index (χ0n) is 12.8. The molecule has 1 N–H and O–H groups in total. The summed E-state index contributed by atoms with van der Waals surface area (Å²) in [7, 11) is -3.16. The maximum Gasteiger partial charge on any atom is 0.214 e. The number of hydrogen-bond acceptors (Lipinski definition) is 6. The second-order valence-electron chi connectivity index (χ2n) is 4.74. The van der Waals surface area contributed by atoms with Crippen molar-refractivity contribution in [1.29, 1.82) is 0 Å². The summed E-state index contributed by atoms with van der Waals surface area (Å²) >= 11 is 1.41. The SMILES string of the molecule is CCS(=O)(=O)NCCSc1nnnn1-c1cccc(C)c1C. The van der Waals surface area contributed by atoms with Crippen LogP contribution < -0.4 is 4.72 Å².